The van der Waals surface area contributed by atoms with Crippen molar-refractivity contribution in [2.45, 2.75) is 38.3 Å². The number of aliphatic hydroxyl groups is 1. The van der Waals surface area contributed by atoms with Gasteiger partial charge in [0.15, 0.2) is 0 Å². The van der Waals surface area contributed by atoms with Crippen molar-refractivity contribution >= 4 is 30.0 Å². The van der Waals surface area contributed by atoms with Crippen LogP contribution in [0.4, 0.5) is 41.2 Å². The van der Waals surface area contributed by atoms with Gasteiger partial charge in [0.25, 0.3) is 11.5 Å². The lowest BCUT2D eigenvalue weighted by molar-refractivity contribution is -0.376. The van der Waals surface area contributed by atoms with Gasteiger partial charge in [0.2, 0.25) is 0 Å². The third-order valence-electron chi connectivity index (χ3n) is 6.72. The van der Waals surface area contributed by atoms with Crippen molar-refractivity contribution in [2.75, 3.05) is 38.0 Å². The molecule has 0 aromatic heterocycles. The summed E-state index contributed by atoms with van der Waals surface area (Å²) in [6.07, 6.45) is -11.9. The molecule has 0 saturated carbocycles. The van der Waals surface area contributed by atoms with Crippen molar-refractivity contribution in [2.24, 2.45) is 5.41 Å². The van der Waals surface area contributed by atoms with Crippen molar-refractivity contribution in [3.63, 3.8) is 0 Å². The minimum Gasteiger partial charge on any atom is -0.369 e. The maximum Gasteiger partial charge on any atom is 0.430 e. The fourth-order valence-electron chi connectivity index (χ4n) is 4.15. The number of nitrogens with zero attached hydrogens (tertiary/aromatic N) is 3. The van der Waals surface area contributed by atoms with Gasteiger partial charge in [0, 0.05) is 50.4 Å². The molecule has 1 aliphatic heterocycles. The van der Waals surface area contributed by atoms with E-state index in [2.05, 4.69) is 10.6 Å². The third-order valence-corrected chi connectivity index (χ3v) is 6.72. The number of carbonyl (C=O) groups is 2. The second-order valence-corrected chi connectivity index (χ2v) is 10.5. The zero-order valence-electron chi connectivity index (χ0n) is 22.9. The Labute approximate surface area is 248 Å². The molecule has 3 N–H and O–H groups in total. The Morgan fingerprint density at radius 3 is 2.00 bits per heavy atom. The minimum atomic E-state index is -5.97. The molecule has 0 bridgehead atoms. The number of benzene rings is 2. The van der Waals surface area contributed by atoms with Gasteiger partial charge in [0.05, 0.1) is 17.2 Å². The SMILES string of the molecule is CC(C)(C#N)CNC(=O)Nc1ccc(C(=O)N2CCN(Cc3ccc(C(O)(C(F)(F)F)C(F)(F)F)cc3)CC2)cc1F.Cl. The van der Waals surface area contributed by atoms with Gasteiger partial charge in [-0.15, -0.1) is 12.4 Å². The standard InChI is InChI=1S/C27H28F7N5O3.ClH/c1-24(2,15-35)16-36-23(41)37-21-8-5-18(13-20(21)28)22(40)39-11-9-38(10-12-39)14-17-3-6-19(7-4-17)25(42,26(29,30)31)27(32,33)34;/h3-8,13,42H,9-12,14,16H2,1-2H3,(H2,36,37,41);1H. The lowest BCUT2D eigenvalue weighted by Gasteiger charge is -2.35. The molecule has 0 unspecified atom stereocenters. The van der Waals surface area contributed by atoms with Gasteiger partial charge in [-0.05, 0) is 37.6 Å². The van der Waals surface area contributed by atoms with E-state index in [-0.39, 0.29) is 49.8 Å². The fourth-order valence-corrected chi connectivity index (χ4v) is 4.15. The molecular weight excluding hydrogens is 611 g/mol. The topological polar surface area (TPSA) is 109 Å². The second kappa shape index (κ2) is 13.4. The number of halogens is 8. The fraction of sp³-hybridized carbons (Fsp3) is 0.444. The van der Waals surface area contributed by atoms with Crippen molar-refractivity contribution in [1.82, 2.24) is 15.1 Å². The van der Waals surface area contributed by atoms with Crippen molar-refractivity contribution < 1.29 is 45.4 Å². The van der Waals surface area contributed by atoms with Gasteiger partial charge in [-0.3, -0.25) is 9.69 Å². The Morgan fingerprint density at radius 1 is 0.953 bits per heavy atom. The molecule has 2 aromatic carbocycles. The lowest BCUT2D eigenvalue weighted by atomic mass is 9.91. The average Bonchev–Trinajstić information content (AvgIpc) is 2.92. The first kappa shape index (κ1) is 35.6. The summed E-state index contributed by atoms with van der Waals surface area (Å²) in [6, 6.07) is 8.15. The van der Waals surface area contributed by atoms with Crippen LogP contribution in [0, 0.1) is 22.6 Å². The maximum atomic E-state index is 14.6. The number of anilines is 1. The number of carbonyl (C=O) groups excluding carboxylic acids is 2. The number of hydrogen-bond acceptors (Lipinski definition) is 5. The molecule has 1 aliphatic rings. The van der Waals surface area contributed by atoms with Crippen LogP contribution in [0.15, 0.2) is 42.5 Å². The van der Waals surface area contributed by atoms with Gasteiger partial charge in [0.1, 0.15) is 5.82 Å². The molecule has 1 heterocycles. The van der Waals surface area contributed by atoms with E-state index in [4.69, 9.17) is 5.26 Å². The molecule has 1 fully saturated rings. The molecular formula is C27H29ClF7N5O3. The summed E-state index contributed by atoms with van der Waals surface area (Å²) < 4.78 is 93.2. The molecule has 2 aromatic rings. The van der Waals surface area contributed by atoms with E-state index in [0.29, 0.717) is 30.8 Å². The van der Waals surface area contributed by atoms with Crippen LogP contribution in [0.3, 0.4) is 0 Å². The Balaban J connectivity index is 0.00000645. The highest BCUT2D eigenvalue weighted by Crippen LogP contribution is 2.50. The van der Waals surface area contributed by atoms with Crippen LogP contribution in [-0.2, 0) is 12.1 Å². The zero-order chi connectivity index (χ0) is 31.5. The summed E-state index contributed by atoms with van der Waals surface area (Å²) in [7, 11) is 0. The summed E-state index contributed by atoms with van der Waals surface area (Å²) in [5.74, 6) is -1.32. The molecule has 43 heavy (non-hydrogen) atoms. The molecule has 0 spiro atoms. The van der Waals surface area contributed by atoms with Crippen LogP contribution < -0.4 is 10.6 Å². The van der Waals surface area contributed by atoms with E-state index in [9.17, 15) is 45.4 Å². The van der Waals surface area contributed by atoms with E-state index in [0.717, 1.165) is 18.2 Å². The highest BCUT2D eigenvalue weighted by Gasteiger charge is 2.71. The predicted molar refractivity (Wildman–Crippen MR) is 144 cm³/mol. The van der Waals surface area contributed by atoms with Crippen LogP contribution in [0.2, 0.25) is 0 Å². The average molecular weight is 640 g/mol. The first-order chi connectivity index (χ1) is 19.4. The van der Waals surface area contributed by atoms with Gasteiger partial charge in [-0.2, -0.15) is 31.6 Å². The predicted octanol–water partition coefficient (Wildman–Crippen LogP) is 5.19. The summed E-state index contributed by atoms with van der Waals surface area (Å²) in [5, 5.41) is 23.3. The number of urea groups is 1. The number of nitriles is 1. The normalized spacial score (nSPS) is 14.9. The molecule has 8 nitrogen and oxygen atoms in total. The van der Waals surface area contributed by atoms with E-state index < -0.39 is 46.7 Å². The number of rotatable bonds is 7. The minimum absolute atomic E-state index is 0. The van der Waals surface area contributed by atoms with Crippen LogP contribution in [0.25, 0.3) is 0 Å². The first-order valence-corrected chi connectivity index (χ1v) is 12.6. The second-order valence-electron chi connectivity index (χ2n) is 10.5. The van der Waals surface area contributed by atoms with Crippen molar-refractivity contribution in [3.8, 4) is 6.07 Å². The van der Waals surface area contributed by atoms with Gasteiger partial charge >= 0.3 is 18.4 Å². The highest BCUT2D eigenvalue weighted by molar-refractivity contribution is 5.95. The van der Waals surface area contributed by atoms with Gasteiger partial charge in [-0.25, -0.2) is 9.18 Å². The van der Waals surface area contributed by atoms with Crippen molar-refractivity contribution in [3.05, 3.63) is 65.0 Å². The molecule has 3 amide bonds. The maximum absolute atomic E-state index is 14.6. The summed E-state index contributed by atoms with van der Waals surface area (Å²) in [4.78, 5) is 28.2. The van der Waals surface area contributed by atoms with Crippen LogP contribution in [-0.4, -0.2) is 71.9 Å². The Hall–Kier alpha value is -3.61. The Bertz CT molecular complexity index is 1320. The zero-order valence-corrected chi connectivity index (χ0v) is 23.8. The van der Waals surface area contributed by atoms with Crippen LogP contribution in [0.5, 0.6) is 0 Å². The Morgan fingerprint density at radius 2 is 1.51 bits per heavy atom. The molecule has 16 heteroatoms. The van der Waals surface area contributed by atoms with Crippen molar-refractivity contribution in [1.29, 1.82) is 5.26 Å². The van der Waals surface area contributed by atoms with Gasteiger partial charge in [-0.1, -0.05) is 24.3 Å². The third kappa shape index (κ3) is 8.27. The number of hydrogen-bond donors (Lipinski definition) is 3. The largest absolute Gasteiger partial charge is 0.430 e. The molecule has 236 valence electrons. The van der Waals surface area contributed by atoms with E-state index in [1.54, 1.807) is 13.8 Å². The monoisotopic (exact) mass is 639 g/mol. The van der Waals surface area contributed by atoms with Crippen LogP contribution >= 0.6 is 12.4 Å². The molecule has 0 atom stereocenters. The van der Waals surface area contributed by atoms with Crippen LogP contribution in [0.1, 0.15) is 35.3 Å². The first-order valence-electron chi connectivity index (χ1n) is 12.6. The van der Waals surface area contributed by atoms with E-state index in [1.807, 2.05) is 11.0 Å². The van der Waals surface area contributed by atoms with E-state index >= 15 is 0 Å². The molecule has 1 saturated heterocycles. The quantitative estimate of drug-likeness (QED) is 0.362. The summed E-state index contributed by atoms with van der Waals surface area (Å²) >= 11 is 0. The summed E-state index contributed by atoms with van der Waals surface area (Å²) in [5.41, 5.74) is -6.90. The van der Waals surface area contributed by atoms with Gasteiger partial charge < -0.3 is 20.6 Å². The lowest BCUT2D eigenvalue weighted by Crippen LogP contribution is -2.53. The smallest absolute Gasteiger partial charge is 0.369 e. The Kier molecular flexibility index (Phi) is 11.1. The molecule has 0 aliphatic carbocycles. The highest BCUT2D eigenvalue weighted by atomic mass is 35.5. The summed E-state index contributed by atoms with van der Waals surface area (Å²) in [6.45, 7) is 4.53. The number of alkyl halides is 6. The number of nitrogens with one attached hydrogen (secondary N) is 2. The van der Waals surface area contributed by atoms with E-state index in [1.165, 1.54) is 17.0 Å². The molecule has 0 radical (unpaired) electrons. The number of amides is 3. The molecule has 3 rings (SSSR count). The number of piperazine rings is 1.